The van der Waals surface area contributed by atoms with E-state index in [2.05, 4.69) is 90.0 Å². The molecule has 2 aliphatic carbocycles. The van der Waals surface area contributed by atoms with Gasteiger partial charge >= 0.3 is 6.18 Å². The molecule has 2 saturated carbocycles. The number of ketones is 1. The van der Waals surface area contributed by atoms with Gasteiger partial charge in [-0.15, -0.1) is 0 Å². The normalized spacial score (nSPS) is 13.8. The Morgan fingerprint density at radius 2 is 0.933 bits per heavy atom. The van der Waals surface area contributed by atoms with Crippen LogP contribution in [0.5, 0.6) is 0 Å². The number of rotatable bonds is 5. The first-order valence-corrected chi connectivity index (χ1v) is 20.0. The Bertz CT molecular complexity index is 573. The summed E-state index contributed by atoms with van der Waals surface area (Å²) in [6, 6.07) is 0. The number of hydrogen-bond donors (Lipinski definition) is 0. The fraction of sp³-hybridized carbons (Fsp3) is 0.974. The molecule has 0 bridgehead atoms. The molecule has 0 unspecified atom stereocenters. The highest BCUT2D eigenvalue weighted by molar-refractivity contribution is 7.90. The SMILES string of the molecule is C.CC1(C)CC1.CC1CCC(=O)CC1.CCC.CCC.CCC.CCCC.CCCC.CCCC(F)(F)F.CCCS(C)(=O)=O. The Labute approximate surface area is 285 Å². The summed E-state index contributed by atoms with van der Waals surface area (Å²) >= 11 is 0. The van der Waals surface area contributed by atoms with Crippen LogP contribution in [0.4, 0.5) is 13.2 Å². The molecule has 0 aromatic rings. The molecule has 0 amide bonds. The molecule has 2 aliphatic rings. The van der Waals surface area contributed by atoms with Crippen LogP contribution in [0.3, 0.4) is 0 Å². The summed E-state index contributed by atoms with van der Waals surface area (Å²) < 4.78 is 53.6. The smallest absolute Gasteiger partial charge is 0.300 e. The highest BCUT2D eigenvalue weighted by Gasteiger charge is 2.30. The van der Waals surface area contributed by atoms with E-state index in [1.54, 1.807) is 0 Å². The van der Waals surface area contributed by atoms with Gasteiger partial charge in [0, 0.05) is 31.3 Å². The van der Waals surface area contributed by atoms with Crippen LogP contribution in [0, 0.1) is 11.3 Å². The molecule has 45 heavy (non-hydrogen) atoms. The van der Waals surface area contributed by atoms with Gasteiger partial charge in [0.2, 0.25) is 0 Å². The van der Waals surface area contributed by atoms with Crippen molar-refractivity contribution in [1.29, 1.82) is 0 Å². The molecule has 0 saturated heterocycles. The molecule has 0 spiro atoms. The van der Waals surface area contributed by atoms with Crippen molar-refractivity contribution in [1.82, 2.24) is 0 Å². The summed E-state index contributed by atoms with van der Waals surface area (Å²) in [4.78, 5) is 10.6. The summed E-state index contributed by atoms with van der Waals surface area (Å²) in [6.07, 6.45) is 13.4. The average molecular weight is 681 g/mol. The number of carbonyl (C=O) groups excluding carboxylic acids is 1. The zero-order valence-electron chi connectivity index (χ0n) is 32.9. The second-order valence-electron chi connectivity index (χ2n) is 12.5. The van der Waals surface area contributed by atoms with E-state index in [1.807, 2.05) is 6.92 Å². The van der Waals surface area contributed by atoms with Crippen molar-refractivity contribution in [2.45, 2.75) is 220 Å². The Morgan fingerprint density at radius 3 is 1.00 bits per heavy atom. The van der Waals surface area contributed by atoms with Gasteiger partial charge in [0.25, 0.3) is 0 Å². The number of alkyl halides is 3. The molecule has 2 fully saturated rings. The van der Waals surface area contributed by atoms with Crippen molar-refractivity contribution < 1.29 is 26.4 Å². The summed E-state index contributed by atoms with van der Waals surface area (Å²) in [6.45, 7) is 31.6. The summed E-state index contributed by atoms with van der Waals surface area (Å²) in [7, 11) is -2.67. The molecule has 0 atom stereocenters. The van der Waals surface area contributed by atoms with E-state index < -0.39 is 22.4 Å². The lowest BCUT2D eigenvalue weighted by atomic mass is 9.90. The van der Waals surface area contributed by atoms with Crippen LogP contribution in [0.25, 0.3) is 0 Å². The number of unbranched alkanes of at least 4 members (excludes halogenated alkanes) is 2. The van der Waals surface area contributed by atoms with Crippen molar-refractivity contribution in [2.24, 2.45) is 11.3 Å². The van der Waals surface area contributed by atoms with E-state index in [4.69, 9.17) is 0 Å². The van der Waals surface area contributed by atoms with E-state index in [9.17, 15) is 26.4 Å². The summed E-state index contributed by atoms with van der Waals surface area (Å²) in [5.74, 6) is 1.57. The molecule has 0 aromatic heterocycles. The van der Waals surface area contributed by atoms with Crippen molar-refractivity contribution in [3.63, 3.8) is 0 Å². The van der Waals surface area contributed by atoms with Gasteiger partial charge in [-0.3, -0.25) is 4.79 Å². The van der Waals surface area contributed by atoms with Gasteiger partial charge in [0.05, 0.1) is 0 Å². The van der Waals surface area contributed by atoms with Gasteiger partial charge < -0.3 is 0 Å². The van der Waals surface area contributed by atoms with E-state index in [-0.39, 0.29) is 13.8 Å². The zero-order valence-corrected chi connectivity index (χ0v) is 33.7. The highest BCUT2D eigenvalue weighted by atomic mass is 32.2. The highest BCUT2D eigenvalue weighted by Crippen LogP contribution is 2.43. The maximum Gasteiger partial charge on any atom is 0.389 e. The van der Waals surface area contributed by atoms with Crippen LogP contribution in [0.2, 0.25) is 0 Å². The van der Waals surface area contributed by atoms with Crippen LogP contribution in [0.15, 0.2) is 0 Å². The number of Topliss-reactive ketones (excluding diaryl/α,β-unsaturated/α-hetero) is 1. The fourth-order valence-corrected chi connectivity index (χ4v) is 2.73. The minimum absolute atomic E-state index is 0. The third kappa shape index (κ3) is 125. The molecule has 7 heteroatoms. The van der Waals surface area contributed by atoms with Crippen LogP contribution in [-0.4, -0.2) is 32.4 Å². The van der Waals surface area contributed by atoms with Crippen molar-refractivity contribution in [3.05, 3.63) is 0 Å². The molecule has 284 valence electrons. The van der Waals surface area contributed by atoms with Gasteiger partial charge in [-0.1, -0.05) is 156 Å². The topological polar surface area (TPSA) is 51.2 Å². The maximum atomic E-state index is 11.1. The molecule has 0 radical (unpaired) electrons. The molecule has 3 nitrogen and oxygen atoms in total. The molecular formula is C38H87F3O3S. The van der Waals surface area contributed by atoms with Crippen molar-refractivity contribution in [3.8, 4) is 0 Å². The molecule has 0 N–H and O–H groups in total. The van der Waals surface area contributed by atoms with E-state index in [0.29, 0.717) is 11.5 Å². The van der Waals surface area contributed by atoms with E-state index in [1.165, 1.54) is 71.0 Å². The van der Waals surface area contributed by atoms with E-state index >= 15 is 0 Å². The molecule has 0 aliphatic heterocycles. The number of sulfone groups is 1. The first-order chi connectivity index (χ1) is 20.2. The third-order valence-corrected chi connectivity index (χ3v) is 6.34. The molecular weight excluding hydrogens is 593 g/mol. The van der Waals surface area contributed by atoms with Gasteiger partial charge in [0.1, 0.15) is 15.6 Å². The van der Waals surface area contributed by atoms with Crippen LogP contribution < -0.4 is 0 Å². The van der Waals surface area contributed by atoms with Crippen LogP contribution in [0.1, 0.15) is 214 Å². The molecule has 2 rings (SSSR count). The lowest BCUT2D eigenvalue weighted by Crippen LogP contribution is -2.10. The summed E-state index contributed by atoms with van der Waals surface area (Å²) in [5, 5.41) is 0. The lowest BCUT2D eigenvalue weighted by molar-refractivity contribution is -0.134. The summed E-state index contributed by atoms with van der Waals surface area (Å²) in [5.41, 5.74) is 0.750. The Hall–Kier alpha value is -0.590. The predicted molar refractivity (Wildman–Crippen MR) is 202 cm³/mol. The minimum Gasteiger partial charge on any atom is -0.300 e. The number of carbonyl (C=O) groups is 1. The average Bonchev–Trinajstić information content (AvgIpc) is 3.61. The Kier molecular flexibility index (Phi) is 67.1. The van der Waals surface area contributed by atoms with Gasteiger partial charge in [-0.05, 0) is 49.9 Å². The third-order valence-electron chi connectivity index (χ3n) is 5.19. The monoisotopic (exact) mass is 681 g/mol. The van der Waals surface area contributed by atoms with Gasteiger partial charge in [0.15, 0.2) is 0 Å². The zero-order chi connectivity index (χ0) is 36.7. The molecule has 0 heterocycles. The van der Waals surface area contributed by atoms with Crippen molar-refractivity contribution in [2.75, 3.05) is 12.0 Å². The number of halogens is 3. The van der Waals surface area contributed by atoms with Crippen molar-refractivity contribution >= 4 is 15.6 Å². The number of hydrogen-bond acceptors (Lipinski definition) is 3. The van der Waals surface area contributed by atoms with Crippen LogP contribution in [-0.2, 0) is 14.6 Å². The van der Waals surface area contributed by atoms with E-state index in [0.717, 1.165) is 43.4 Å². The maximum absolute atomic E-state index is 11.1. The Balaban J connectivity index is -0.0000000583. The lowest BCUT2D eigenvalue weighted by Gasteiger charge is -2.14. The molecule has 0 aromatic carbocycles. The van der Waals surface area contributed by atoms with Crippen LogP contribution >= 0.6 is 0 Å². The minimum atomic E-state index is -3.95. The standard InChI is InChI=1S/C7H12O.C5H10.C4H7F3.C4H10O2S.2C4H10.3C3H8.CH4/c1-6-2-4-7(8)5-3-6;1-5(2)3-4-5;1-2-3-4(5,6)7;1-3-4-7(2,5)6;2*1-3-4-2;3*1-3-2;/h6H,2-5H2,1H3;3-4H2,1-2H3;2-3H2,1H3;3-4H2,1-2H3;2*3-4H2,1-2H3;3*3H2,1-2H3;1H4. The Morgan fingerprint density at radius 1 is 0.667 bits per heavy atom. The second kappa shape index (κ2) is 47.8. The first-order valence-electron chi connectivity index (χ1n) is 17.9. The predicted octanol–water partition coefficient (Wildman–Crippen LogP) is 14.9. The first kappa shape index (κ1) is 63.1. The van der Waals surface area contributed by atoms with Gasteiger partial charge in [-0.2, -0.15) is 13.2 Å². The second-order valence-corrected chi connectivity index (χ2v) is 14.8. The fourth-order valence-electron chi connectivity index (χ4n) is 1.99. The quantitative estimate of drug-likeness (QED) is 0.290. The largest absolute Gasteiger partial charge is 0.389 e. The van der Waals surface area contributed by atoms with Gasteiger partial charge in [-0.25, -0.2) is 8.42 Å².